The number of benzene rings is 1. The maximum Gasteiger partial charge on any atom is 0.253 e. The van der Waals surface area contributed by atoms with Crippen LogP contribution in [-0.2, 0) is 4.79 Å². The Labute approximate surface area is 159 Å². The van der Waals surface area contributed by atoms with E-state index < -0.39 is 0 Å². The second kappa shape index (κ2) is 6.87. The van der Waals surface area contributed by atoms with E-state index in [1.165, 1.54) is 0 Å². The normalized spacial score (nSPS) is 19.6. The summed E-state index contributed by atoms with van der Waals surface area (Å²) in [6.45, 7) is 4.25. The SMILES string of the molecule is Cc1ccc(-c2cccc(C(=O)N3CCC4(CCC(=O)N(C)C4)CC3)c2)o1. The van der Waals surface area contributed by atoms with E-state index in [4.69, 9.17) is 4.42 Å². The van der Waals surface area contributed by atoms with Gasteiger partial charge in [0, 0.05) is 44.2 Å². The van der Waals surface area contributed by atoms with Crippen molar-refractivity contribution < 1.29 is 14.0 Å². The minimum absolute atomic E-state index is 0.0789. The molecule has 2 aliphatic heterocycles. The summed E-state index contributed by atoms with van der Waals surface area (Å²) in [6.07, 6.45) is 3.52. The van der Waals surface area contributed by atoms with Crippen molar-refractivity contribution >= 4 is 11.8 Å². The topological polar surface area (TPSA) is 53.8 Å². The highest BCUT2D eigenvalue weighted by atomic mass is 16.3. The third kappa shape index (κ3) is 3.51. The first-order chi connectivity index (χ1) is 13.0. The Balaban J connectivity index is 1.45. The summed E-state index contributed by atoms with van der Waals surface area (Å²) in [4.78, 5) is 28.6. The van der Waals surface area contributed by atoms with Gasteiger partial charge in [-0.25, -0.2) is 0 Å². The molecule has 2 amide bonds. The molecule has 0 N–H and O–H groups in total. The molecule has 0 bridgehead atoms. The quantitative estimate of drug-likeness (QED) is 0.814. The van der Waals surface area contributed by atoms with Crippen molar-refractivity contribution in [2.24, 2.45) is 5.41 Å². The van der Waals surface area contributed by atoms with E-state index in [0.717, 1.165) is 56.0 Å². The van der Waals surface area contributed by atoms with Crippen LogP contribution in [0.15, 0.2) is 40.8 Å². The van der Waals surface area contributed by atoms with Crippen molar-refractivity contribution in [1.29, 1.82) is 0 Å². The van der Waals surface area contributed by atoms with Gasteiger partial charge in [0.1, 0.15) is 11.5 Å². The van der Waals surface area contributed by atoms with Crippen LogP contribution in [0.1, 0.15) is 41.8 Å². The van der Waals surface area contributed by atoms with Crippen LogP contribution in [0.4, 0.5) is 0 Å². The minimum Gasteiger partial charge on any atom is -0.461 e. The van der Waals surface area contributed by atoms with E-state index in [9.17, 15) is 9.59 Å². The number of aryl methyl sites for hydroxylation is 1. The van der Waals surface area contributed by atoms with Gasteiger partial charge in [-0.1, -0.05) is 12.1 Å². The first-order valence-corrected chi connectivity index (χ1v) is 9.66. The van der Waals surface area contributed by atoms with Crippen LogP contribution >= 0.6 is 0 Å². The second-order valence-corrected chi connectivity index (χ2v) is 8.03. The molecule has 4 rings (SSSR count). The zero-order chi connectivity index (χ0) is 19.0. The number of nitrogens with zero attached hydrogens (tertiary/aromatic N) is 2. The van der Waals surface area contributed by atoms with Gasteiger partial charge >= 0.3 is 0 Å². The van der Waals surface area contributed by atoms with Gasteiger partial charge in [0.2, 0.25) is 5.91 Å². The maximum absolute atomic E-state index is 13.0. The van der Waals surface area contributed by atoms with Gasteiger partial charge in [0.25, 0.3) is 5.91 Å². The summed E-state index contributed by atoms with van der Waals surface area (Å²) >= 11 is 0. The van der Waals surface area contributed by atoms with Gasteiger partial charge < -0.3 is 14.2 Å². The summed E-state index contributed by atoms with van der Waals surface area (Å²) in [7, 11) is 1.89. The molecule has 27 heavy (non-hydrogen) atoms. The Morgan fingerprint density at radius 2 is 1.89 bits per heavy atom. The molecule has 2 saturated heterocycles. The number of likely N-dealkylation sites (tertiary alicyclic amines) is 2. The fraction of sp³-hybridized carbons (Fsp3) is 0.455. The van der Waals surface area contributed by atoms with E-state index in [2.05, 4.69) is 0 Å². The van der Waals surface area contributed by atoms with Gasteiger partial charge in [-0.2, -0.15) is 0 Å². The molecule has 0 unspecified atom stereocenters. The molecule has 142 valence electrons. The van der Waals surface area contributed by atoms with Crippen molar-refractivity contribution in [3.63, 3.8) is 0 Å². The molecule has 0 atom stereocenters. The largest absolute Gasteiger partial charge is 0.461 e. The molecule has 1 aromatic carbocycles. The first kappa shape index (κ1) is 17.8. The molecular formula is C22H26N2O3. The van der Waals surface area contributed by atoms with Crippen LogP contribution in [0.3, 0.4) is 0 Å². The van der Waals surface area contributed by atoms with Crippen molar-refractivity contribution in [2.45, 2.75) is 32.6 Å². The maximum atomic E-state index is 13.0. The summed E-state index contributed by atoms with van der Waals surface area (Å²) in [6, 6.07) is 11.5. The zero-order valence-electron chi connectivity index (χ0n) is 16.0. The molecule has 2 aromatic rings. The monoisotopic (exact) mass is 366 g/mol. The molecule has 1 aromatic heterocycles. The minimum atomic E-state index is 0.0789. The van der Waals surface area contributed by atoms with Crippen LogP contribution in [0, 0.1) is 12.3 Å². The summed E-state index contributed by atoms with van der Waals surface area (Å²) in [5, 5.41) is 0. The lowest BCUT2D eigenvalue weighted by Crippen LogP contribution is -2.51. The van der Waals surface area contributed by atoms with Gasteiger partial charge in [-0.15, -0.1) is 0 Å². The third-order valence-corrected chi connectivity index (χ3v) is 6.11. The highest BCUT2D eigenvalue weighted by Crippen LogP contribution is 2.40. The lowest BCUT2D eigenvalue weighted by Gasteiger charge is -2.46. The number of rotatable bonds is 2. The Morgan fingerprint density at radius 3 is 2.56 bits per heavy atom. The molecule has 0 radical (unpaired) electrons. The van der Waals surface area contributed by atoms with Gasteiger partial charge in [-0.05, 0) is 55.9 Å². The Morgan fingerprint density at radius 1 is 1.11 bits per heavy atom. The van der Waals surface area contributed by atoms with Crippen molar-refractivity contribution in [3.8, 4) is 11.3 Å². The Kier molecular flexibility index (Phi) is 4.54. The fourth-order valence-electron chi connectivity index (χ4n) is 4.40. The lowest BCUT2D eigenvalue weighted by atomic mass is 9.72. The molecule has 5 nitrogen and oxygen atoms in total. The third-order valence-electron chi connectivity index (χ3n) is 6.11. The van der Waals surface area contributed by atoms with Gasteiger partial charge in [-0.3, -0.25) is 9.59 Å². The van der Waals surface area contributed by atoms with Crippen LogP contribution < -0.4 is 0 Å². The van der Waals surface area contributed by atoms with E-state index in [1.54, 1.807) is 0 Å². The van der Waals surface area contributed by atoms with E-state index >= 15 is 0 Å². The number of hydrogen-bond donors (Lipinski definition) is 0. The average molecular weight is 366 g/mol. The molecule has 3 heterocycles. The Hall–Kier alpha value is -2.56. The molecule has 1 spiro atoms. The van der Waals surface area contributed by atoms with Crippen LogP contribution in [0.2, 0.25) is 0 Å². The molecule has 2 aliphatic rings. The van der Waals surface area contributed by atoms with Crippen LogP contribution in [0.25, 0.3) is 11.3 Å². The summed E-state index contributed by atoms with van der Waals surface area (Å²) < 4.78 is 5.69. The smallest absolute Gasteiger partial charge is 0.253 e. The van der Waals surface area contributed by atoms with Crippen LogP contribution in [0.5, 0.6) is 0 Å². The first-order valence-electron chi connectivity index (χ1n) is 9.66. The molecule has 0 saturated carbocycles. The number of carbonyl (C=O) groups excluding carboxylic acids is 2. The van der Waals surface area contributed by atoms with E-state index in [0.29, 0.717) is 12.0 Å². The Bertz CT molecular complexity index is 862. The highest BCUT2D eigenvalue weighted by Gasteiger charge is 2.40. The number of hydrogen-bond acceptors (Lipinski definition) is 3. The predicted molar refractivity (Wildman–Crippen MR) is 103 cm³/mol. The van der Waals surface area contributed by atoms with E-state index in [-0.39, 0.29) is 17.2 Å². The van der Waals surface area contributed by atoms with Crippen molar-refractivity contribution in [1.82, 2.24) is 9.80 Å². The zero-order valence-corrected chi connectivity index (χ0v) is 16.0. The molecule has 0 aliphatic carbocycles. The number of furan rings is 1. The summed E-state index contributed by atoms with van der Waals surface area (Å²) in [5.74, 6) is 1.97. The van der Waals surface area contributed by atoms with Crippen molar-refractivity contribution in [2.75, 3.05) is 26.7 Å². The molecule has 5 heteroatoms. The molecule has 2 fully saturated rings. The molecular weight excluding hydrogens is 340 g/mol. The average Bonchev–Trinajstić information content (AvgIpc) is 3.12. The van der Waals surface area contributed by atoms with E-state index in [1.807, 2.05) is 60.2 Å². The number of carbonyl (C=O) groups is 2. The lowest BCUT2D eigenvalue weighted by molar-refractivity contribution is -0.137. The number of piperidine rings is 2. The summed E-state index contributed by atoms with van der Waals surface area (Å²) in [5.41, 5.74) is 1.82. The highest BCUT2D eigenvalue weighted by molar-refractivity contribution is 5.95. The predicted octanol–water partition coefficient (Wildman–Crippen LogP) is 3.73. The van der Waals surface area contributed by atoms with Crippen molar-refractivity contribution in [3.05, 3.63) is 47.7 Å². The van der Waals surface area contributed by atoms with Gasteiger partial charge in [0.05, 0.1) is 0 Å². The van der Waals surface area contributed by atoms with Crippen LogP contribution in [-0.4, -0.2) is 48.3 Å². The van der Waals surface area contributed by atoms with Gasteiger partial charge in [0.15, 0.2) is 0 Å². The standard InChI is InChI=1S/C22H26N2O3/c1-16-6-7-19(27-16)17-4-3-5-18(14-17)21(26)24-12-10-22(11-13-24)9-8-20(25)23(2)15-22/h3-7,14H,8-13,15H2,1-2H3. The number of amides is 2. The fourth-order valence-corrected chi connectivity index (χ4v) is 4.40. The second-order valence-electron chi connectivity index (χ2n) is 8.03.